The zero-order valence-electron chi connectivity index (χ0n) is 15.7. The Bertz CT molecular complexity index is 1320. The minimum Gasteiger partial charge on any atom is -0.333 e. The summed E-state index contributed by atoms with van der Waals surface area (Å²) in [4.78, 5) is 29.3. The summed E-state index contributed by atoms with van der Waals surface area (Å²) in [5, 5.41) is 6.24. The molecule has 31 heavy (non-hydrogen) atoms. The van der Waals surface area contributed by atoms with E-state index in [4.69, 9.17) is 4.52 Å². The van der Waals surface area contributed by atoms with Crippen LogP contribution in [-0.2, 0) is 11.3 Å². The zero-order valence-corrected chi connectivity index (χ0v) is 17.3. The third kappa shape index (κ3) is 4.58. The summed E-state index contributed by atoms with van der Waals surface area (Å²) in [6.07, 6.45) is 1.42. The Morgan fingerprint density at radius 2 is 1.90 bits per heavy atom. The maximum atomic E-state index is 13.9. The fourth-order valence-electron chi connectivity index (χ4n) is 2.81. The van der Waals surface area contributed by atoms with Crippen LogP contribution in [0.4, 0.5) is 14.5 Å². The van der Waals surface area contributed by atoms with E-state index in [-0.39, 0.29) is 29.5 Å². The maximum Gasteiger partial charge on any atom is 0.263 e. The topological polar surface area (TPSA) is 90.0 Å². The second-order valence-electron chi connectivity index (χ2n) is 6.46. The molecule has 0 atom stereocenters. The molecule has 0 saturated carbocycles. The van der Waals surface area contributed by atoms with Gasteiger partial charge in [0.05, 0.1) is 5.69 Å². The average Bonchev–Trinajstić information content (AvgIpc) is 3.22. The molecule has 0 fully saturated rings. The van der Waals surface area contributed by atoms with Crippen LogP contribution in [0, 0.1) is 11.6 Å². The van der Waals surface area contributed by atoms with Gasteiger partial charge in [-0.15, -0.1) is 0 Å². The van der Waals surface area contributed by atoms with Gasteiger partial charge in [-0.25, -0.2) is 8.78 Å². The van der Waals surface area contributed by atoms with Gasteiger partial charge in [-0.3, -0.25) is 9.59 Å². The van der Waals surface area contributed by atoms with Crippen molar-refractivity contribution in [3.63, 3.8) is 0 Å². The Morgan fingerprint density at radius 1 is 1.13 bits per heavy atom. The van der Waals surface area contributed by atoms with Gasteiger partial charge in [0.25, 0.3) is 11.4 Å². The highest BCUT2D eigenvalue weighted by molar-refractivity contribution is 9.10. The summed E-state index contributed by atoms with van der Waals surface area (Å²) in [7, 11) is 0. The van der Waals surface area contributed by atoms with Crippen molar-refractivity contribution in [1.82, 2.24) is 14.7 Å². The molecular formula is C21H13BrF2N4O3. The van der Waals surface area contributed by atoms with Gasteiger partial charge < -0.3 is 14.4 Å². The lowest BCUT2D eigenvalue weighted by atomic mass is 10.2. The Morgan fingerprint density at radius 3 is 2.65 bits per heavy atom. The van der Waals surface area contributed by atoms with Crippen molar-refractivity contribution in [2.45, 2.75) is 6.54 Å². The molecule has 2 aromatic carbocycles. The van der Waals surface area contributed by atoms with Crippen molar-refractivity contribution in [2.24, 2.45) is 0 Å². The Hall–Kier alpha value is -3.66. The van der Waals surface area contributed by atoms with E-state index in [0.717, 1.165) is 4.57 Å². The molecule has 0 bridgehead atoms. The first-order valence-electron chi connectivity index (χ1n) is 8.95. The number of amides is 1. The Labute approximate surface area is 182 Å². The van der Waals surface area contributed by atoms with Gasteiger partial charge >= 0.3 is 0 Å². The largest absolute Gasteiger partial charge is 0.333 e. The van der Waals surface area contributed by atoms with Crippen molar-refractivity contribution in [3.8, 4) is 22.8 Å². The lowest BCUT2D eigenvalue weighted by molar-refractivity contribution is -0.116. The fraction of sp³-hybridized carbons (Fsp3) is 0.0476. The number of nitrogens with zero attached hydrogens (tertiary/aromatic N) is 3. The summed E-state index contributed by atoms with van der Waals surface area (Å²) < 4.78 is 33.9. The van der Waals surface area contributed by atoms with Gasteiger partial charge in [0, 0.05) is 16.2 Å². The number of anilines is 1. The van der Waals surface area contributed by atoms with Crippen LogP contribution in [0.2, 0.25) is 0 Å². The fourth-order valence-corrected chi connectivity index (χ4v) is 3.14. The van der Waals surface area contributed by atoms with Crippen molar-refractivity contribution in [1.29, 1.82) is 0 Å². The van der Waals surface area contributed by atoms with Gasteiger partial charge in [-0.05, 0) is 54.6 Å². The lowest BCUT2D eigenvalue weighted by Crippen LogP contribution is -2.28. The van der Waals surface area contributed by atoms with Crippen molar-refractivity contribution >= 4 is 27.5 Å². The number of halogens is 3. The molecule has 0 aliphatic rings. The Kier molecular flexibility index (Phi) is 5.72. The SMILES string of the molecule is O=C(Cn1cccc(-c2nc(-c3ccc(F)cc3)no2)c1=O)Nc1ccc(Br)cc1F. The molecule has 2 aromatic heterocycles. The number of benzene rings is 2. The highest BCUT2D eigenvalue weighted by atomic mass is 79.9. The van der Waals surface area contributed by atoms with Gasteiger partial charge in [0.1, 0.15) is 23.7 Å². The van der Waals surface area contributed by atoms with Crippen LogP contribution >= 0.6 is 15.9 Å². The molecule has 2 heterocycles. The number of nitrogens with one attached hydrogen (secondary N) is 1. The zero-order chi connectivity index (χ0) is 22.0. The second kappa shape index (κ2) is 8.60. The van der Waals surface area contributed by atoms with E-state index in [1.54, 1.807) is 12.1 Å². The lowest BCUT2D eigenvalue weighted by Gasteiger charge is -2.09. The number of hydrogen-bond donors (Lipinski definition) is 1. The predicted octanol–water partition coefficient (Wildman–Crippen LogP) is 4.24. The quantitative estimate of drug-likeness (QED) is 0.455. The van der Waals surface area contributed by atoms with E-state index < -0.39 is 23.1 Å². The standard InChI is InChI=1S/C21H13BrF2N4O3/c22-13-5-8-17(16(24)10-13)25-18(29)11-28-9-1-2-15(21(28)30)20-26-19(27-31-20)12-3-6-14(23)7-4-12/h1-10H,11H2,(H,25,29). The number of aromatic nitrogens is 3. The van der Waals surface area contributed by atoms with Crippen LogP contribution in [0.1, 0.15) is 0 Å². The van der Waals surface area contributed by atoms with Crippen LogP contribution in [0.15, 0.2) is 74.6 Å². The van der Waals surface area contributed by atoms with E-state index in [9.17, 15) is 18.4 Å². The van der Waals surface area contributed by atoms with Crippen LogP contribution in [0.3, 0.4) is 0 Å². The third-order valence-electron chi connectivity index (χ3n) is 4.30. The third-order valence-corrected chi connectivity index (χ3v) is 4.79. The normalized spacial score (nSPS) is 10.8. The van der Waals surface area contributed by atoms with E-state index >= 15 is 0 Å². The van der Waals surface area contributed by atoms with E-state index in [0.29, 0.717) is 10.0 Å². The molecule has 0 saturated heterocycles. The smallest absolute Gasteiger partial charge is 0.263 e. The first kappa shape index (κ1) is 20.6. The summed E-state index contributed by atoms with van der Waals surface area (Å²) >= 11 is 3.14. The summed E-state index contributed by atoms with van der Waals surface area (Å²) in [5.41, 5.74) is 0.0658. The minimum absolute atomic E-state index is 0.00163. The molecule has 156 valence electrons. The first-order valence-corrected chi connectivity index (χ1v) is 9.74. The average molecular weight is 487 g/mol. The molecule has 0 unspecified atom stereocenters. The van der Waals surface area contributed by atoms with Crippen LogP contribution in [-0.4, -0.2) is 20.6 Å². The highest BCUT2D eigenvalue weighted by Gasteiger charge is 2.16. The minimum atomic E-state index is -0.608. The monoisotopic (exact) mass is 486 g/mol. The number of hydrogen-bond acceptors (Lipinski definition) is 5. The molecule has 4 rings (SSSR count). The van der Waals surface area contributed by atoms with E-state index in [1.807, 2.05) is 0 Å². The van der Waals surface area contributed by atoms with Gasteiger partial charge in [-0.2, -0.15) is 4.98 Å². The van der Waals surface area contributed by atoms with Gasteiger partial charge in [0.2, 0.25) is 11.7 Å². The van der Waals surface area contributed by atoms with Crippen LogP contribution in [0.25, 0.3) is 22.8 Å². The summed E-state index contributed by atoms with van der Waals surface area (Å²) in [5.74, 6) is -1.45. The molecule has 0 radical (unpaired) electrons. The number of pyridine rings is 1. The predicted molar refractivity (Wildman–Crippen MR) is 112 cm³/mol. The second-order valence-corrected chi connectivity index (χ2v) is 7.37. The number of carbonyl (C=O) groups excluding carboxylic acids is 1. The number of rotatable bonds is 5. The summed E-state index contributed by atoms with van der Waals surface area (Å²) in [6, 6.07) is 12.7. The van der Waals surface area contributed by atoms with Crippen LogP contribution in [0.5, 0.6) is 0 Å². The summed E-state index contributed by atoms with van der Waals surface area (Å²) in [6.45, 7) is -0.346. The first-order chi connectivity index (χ1) is 14.9. The van der Waals surface area contributed by atoms with E-state index in [1.165, 1.54) is 48.7 Å². The highest BCUT2D eigenvalue weighted by Crippen LogP contribution is 2.21. The molecule has 4 aromatic rings. The maximum absolute atomic E-state index is 13.9. The molecule has 1 amide bonds. The van der Waals surface area contributed by atoms with Crippen LogP contribution < -0.4 is 10.9 Å². The van der Waals surface area contributed by atoms with Crippen molar-refractivity contribution < 1.29 is 18.1 Å². The molecule has 0 aliphatic carbocycles. The van der Waals surface area contributed by atoms with E-state index in [2.05, 4.69) is 31.4 Å². The van der Waals surface area contributed by atoms with Gasteiger partial charge in [-0.1, -0.05) is 21.1 Å². The molecule has 10 heteroatoms. The van der Waals surface area contributed by atoms with Gasteiger partial charge in [0.15, 0.2) is 0 Å². The molecule has 0 spiro atoms. The van der Waals surface area contributed by atoms with Crippen molar-refractivity contribution in [3.05, 3.63) is 87.3 Å². The molecule has 7 nitrogen and oxygen atoms in total. The number of carbonyl (C=O) groups is 1. The molecule has 1 N–H and O–H groups in total. The molecular weight excluding hydrogens is 474 g/mol. The molecule has 0 aliphatic heterocycles. The Balaban J connectivity index is 1.55. The van der Waals surface area contributed by atoms with Crippen molar-refractivity contribution in [2.75, 3.05) is 5.32 Å².